The number of carbonyl (C=O) groups excluding carboxylic acids is 1. The van der Waals surface area contributed by atoms with E-state index in [0.717, 1.165) is 17.0 Å². The molecule has 2 aromatic rings. The summed E-state index contributed by atoms with van der Waals surface area (Å²) in [5.41, 5.74) is 2.40. The molecule has 2 aromatic carbocycles. The van der Waals surface area contributed by atoms with Crippen molar-refractivity contribution in [1.29, 1.82) is 0 Å². The number of benzene rings is 2. The highest BCUT2D eigenvalue weighted by Gasteiger charge is 2.11. The van der Waals surface area contributed by atoms with Crippen LogP contribution in [0.15, 0.2) is 42.5 Å². The van der Waals surface area contributed by atoms with Crippen molar-refractivity contribution in [2.45, 2.75) is 0 Å². The van der Waals surface area contributed by atoms with Crippen LogP contribution in [0.2, 0.25) is 5.02 Å². The first-order chi connectivity index (χ1) is 12.0. The molecule has 1 amide bonds. The predicted molar refractivity (Wildman–Crippen MR) is 101 cm³/mol. The molecule has 0 saturated carbocycles. The van der Waals surface area contributed by atoms with E-state index in [1.165, 1.54) is 6.08 Å². The van der Waals surface area contributed by atoms with Gasteiger partial charge in [-0.15, -0.1) is 0 Å². The normalized spacial score (nSPS) is 12.9. The van der Waals surface area contributed by atoms with Crippen LogP contribution >= 0.6 is 11.6 Å². The quantitative estimate of drug-likeness (QED) is 0.844. The molecule has 0 bridgehead atoms. The highest BCUT2D eigenvalue weighted by atomic mass is 35.5. The zero-order valence-electron chi connectivity index (χ0n) is 14.1. The molecule has 0 saturated heterocycles. The summed E-state index contributed by atoms with van der Waals surface area (Å²) in [5.74, 6) is 1.18. The molecule has 1 heterocycles. The van der Waals surface area contributed by atoms with E-state index in [2.05, 4.69) is 5.32 Å². The lowest BCUT2D eigenvalue weighted by Crippen LogP contribution is -2.15. The highest BCUT2D eigenvalue weighted by molar-refractivity contribution is 6.31. The number of halogens is 1. The number of hydrogen-bond donors (Lipinski definition) is 1. The van der Waals surface area contributed by atoms with E-state index < -0.39 is 0 Å². The largest absolute Gasteiger partial charge is 0.486 e. The summed E-state index contributed by atoms with van der Waals surface area (Å²) >= 11 is 6.03. The summed E-state index contributed by atoms with van der Waals surface area (Å²) in [4.78, 5) is 14.2. The molecule has 0 radical (unpaired) electrons. The molecule has 1 aliphatic heterocycles. The van der Waals surface area contributed by atoms with Gasteiger partial charge in [0.1, 0.15) is 13.2 Å². The van der Waals surface area contributed by atoms with Crippen LogP contribution in [0, 0.1) is 0 Å². The number of carbonyl (C=O) groups is 1. The van der Waals surface area contributed by atoms with Gasteiger partial charge in [0.25, 0.3) is 0 Å². The Hall–Kier alpha value is -2.66. The summed E-state index contributed by atoms with van der Waals surface area (Å²) < 4.78 is 11.0. The van der Waals surface area contributed by atoms with Crippen molar-refractivity contribution >= 4 is 35.0 Å². The number of ether oxygens (including phenoxy) is 2. The van der Waals surface area contributed by atoms with Crippen molar-refractivity contribution in [2.24, 2.45) is 0 Å². The highest BCUT2D eigenvalue weighted by Crippen LogP contribution is 2.31. The van der Waals surface area contributed by atoms with Crippen LogP contribution in [0.4, 0.5) is 11.4 Å². The van der Waals surface area contributed by atoms with Crippen LogP contribution in [0.25, 0.3) is 6.08 Å². The second-order valence-corrected chi connectivity index (χ2v) is 6.22. The van der Waals surface area contributed by atoms with Crippen LogP contribution in [0.3, 0.4) is 0 Å². The number of nitrogens with zero attached hydrogens (tertiary/aromatic N) is 1. The molecule has 6 heteroatoms. The standard InChI is InChI=1S/C19H19ClN2O3/c1-22(2)16-6-5-14(20)12-15(16)21-19(23)8-4-13-3-7-17-18(11-13)25-10-9-24-17/h3-8,11-12H,9-10H2,1-2H3,(H,21,23)/b8-4+. The van der Waals surface area contributed by atoms with Gasteiger partial charge in [-0.25, -0.2) is 0 Å². The van der Waals surface area contributed by atoms with E-state index in [1.54, 1.807) is 18.2 Å². The summed E-state index contributed by atoms with van der Waals surface area (Å²) in [6.07, 6.45) is 3.21. The van der Waals surface area contributed by atoms with Gasteiger partial charge in [-0.05, 0) is 42.0 Å². The Bertz CT molecular complexity index is 818. The van der Waals surface area contributed by atoms with Gasteiger partial charge in [-0.3, -0.25) is 4.79 Å². The van der Waals surface area contributed by atoms with Crippen molar-refractivity contribution in [1.82, 2.24) is 0 Å². The maximum Gasteiger partial charge on any atom is 0.248 e. The van der Waals surface area contributed by atoms with Crippen LogP contribution in [0.5, 0.6) is 11.5 Å². The van der Waals surface area contributed by atoms with Crippen LogP contribution in [-0.4, -0.2) is 33.2 Å². The topological polar surface area (TPSA) is 50.8 Å². The van der Waals surface area contributed by atoms with E-state index in [-0.39, 0.29) is 5.91 Å². The second-order valence-electron chi connectivity index (χ2n) is 5.78. The van der Waals surface area contributed by atoms with E-state index in [1.807, 2.05) is 43.3 Å². The summed E-state index contributed by atoms with van der Waals surface area (Å²) in [6.45, 7) is 1.08. The fourth-order valence-corrected chi connectivity index (χ4v) is 2.68. The van der Waals surface area contributed by atoms with Crippen LogP contribution in [-0.2, 0) is 4.79 Å². The second kappa shape index (κ2) is 7.49. The Kier molecular flexibility index (Phi) is 5.14. The number of amides is 1. The Morgan fingerprint density at radius 1 is 1.12 bits per heavy atom. The summed E-state index contributed by atoms with van der Waals surface area (Å²) in [6, 6.07) is 10.9. The van der Waals surface area contributed by atoms with Gasteiger partial charge in [0, 0.05) is 25.2 Å². The third-order valence-corrected chi connectivity index (χ3v) is 3.93. The van der Waals surface area contributed by atoms with Gasteiger partial charge in [0.15, 0.2) is 11.5 Å². The predicted octanol–water partition coefficient (Wildman–Crippen LogP) is 3.83. The van der Waals surface area contributed by atoms with Crippen molar-refractivity contribution < 1.29 is 14.3 Å². The van der Waals surface area contributed by atoms with E-state index >= 15 is 0 Å². The lowest BCUT2D eigenvalue weighted by molar-refractivity contribution is -0.111. The summed E-state index contributed by atoms with van der Waals surface area (Å²) in [5, 5.41) is 3.42. The molecule has 1 N–H and O–H groups in total. The molecular weight excluding hydrogens is 340 g/mol. The molecule has 5 nitrogen and oxygen atoms in total. The lowest BCUT2D eigenvalue weighted by atomic mass is 10.1. The maximum atomic E-state index is 12.2. The summed E-state index contributed by atoms with van der Waals surface area (Å²) in [7, 11) is 3.81. The van der Waals surface area contributed by atoms with Gasteiger partial charge >= 0.3 is 0 Å². The monoisotopic (exact) mass is 358 g/mol. The Balaban J connectivity index is 1.72. The lowest BCUT2D eigenvalue weighted by Gasteiger charge is -2.18. The SMILES string of the molecule is CN(C)c1ccc(Cl)cc1NC(=O)/C=C/c1ccc2c(c1)OCCO2. The first kappa shape index (κ1) is 17.2. The molecule has 0 aromatic heterocycles. The Morgan fingerprint density at radius 3 is 2.64 bits per heavy atom. The van der Waals surface area contributed by atoms with Crippen molar-refractivity contribution in [3.05, 3.63) is 53.1 Å². The minimum atomic E-state index is -0.236. The van der Waals surface area contributed by atoms with Crippen LogP contribution < -0.4 is 19.7 Å². The first-order valence-corrected chi connectivity index (χ1v) is 8.26. The van der Waals surface area contributed by atoms with Gasteiger partial charge in [0.2, 0.25) is 5.91 Å². The minimum Gasteiger partial charge on any atom is -0.486 e. The average Bonchev–Trinajstić information content (AvgIpc) is 2.59. The number of rotatable bonds is 4. The molecule has 0 atom stereocenters. The molecule has 3 rings (SSSR count). The molecule has 0 aliphatic carbocycles. The van der Waals surface area contributed by atoms with Crippen molar-refractivity contribution in [2.75, 3.05) is 37.5 Å². The molecule has 1 aliphatic rings. The van der Waals surface area contributed by atoms with E-state index in [0.29, 0.717) is 29.7 Å². The molecular formula is C19H19ClN2O3. The molecule has 25 heavy (non-hydrogen) atoms. The van der Waals surface area contributed by atoms with Gasteiger partial charge in [0.05, 0.1) is 11.4 Å². The van der Waals surface area contributed by atoms with E-state index in [9.17, 15) is 4.79 Å². The number of hydrogen-bond acceptors (Lipinski definition) is 4. The number of nitrogens with one attached hydrogen (secondary N) is 1. The van der Waals surface area contributed by atoms with Crippen molar-refractivity contribution in [3.63, 3.8) is 0 Å². The Morgan fingerprint density at radius 2 is 1.88 bits per heavy atom. The van der Waals surface area contributed by atoms with E-state index in [4.69, 9.17) is 21.1 Å². The minimum absolute atomic E-state index is 0.236. The molecule has 0 unspecified atom stereocenters. The Labute approximate surface area is 151 Å². The molecule has 130 valence electrons. The smallest absolute Gasteiger partial charge is 0.248 e. The van der Waals surface area contributed by atoms with Gasteiger partial charge in [-0.1, -0.05) is 17.7 Å². The average molecular weight is 359 g/mol. The molecule has 0 spiro atoms. The van der Waals surface area contributed by atoms with Crippen molar-refractivity contribution in [3.8, 4) is 11.5 Å². The third-order valence-electron chi connectivity index (χ3n) is 3.69. The zero-order chi connectivity index (χ0) is 17.8. The third kappa shape index (κ3) is 4.25. The number of anilines is 2. The fraction of sp³-hybridized carbons (Fsp3) is 0.211. The maximum absolute atomic E-state index is 12.2. The fourth-order valence-electron chi connectivity index (χ4n) is 2.51. The molecule has 0 fully saturated rings. The number of fused-ring (bicyclic) bond motifs is 1. The van der Waals surface area contributed by atoms with Gasteiger partial charge < -0.3 is 19.7 Å². The van der Waals surface area contributed by atoms with Gasteiger partial charge in [-0.2, -0.15) is 0 Å². The van der Waals surface area contributed by atoms with Crippen LogP contribution in [0.1, 0.15) is 5.56 Å². The first-order valence-electron chi connectivity index (χ1n) is 7.88. The zero-order valence-corrected chi connectivity index (χ0v) is 14.8.